The van der Waals surface area contributed by atoms with Crippen LogP contribution >= 0.6 is 0 Å². The highest BCUT2D eigenvalue weighted by molar-refractivity contribution is 6.23. The Morgan fingerprint density at radius 3 is 2.29 bits per heavy atom. The number of aryl methyl sites for hydroxylation is 1. The Labute approximate surface area is 141 Å². The molecule has 0 unspecified atom stereocenters. The molecule has 0 spiro atoms. The number of carbonyl (C=O) groups excluding carboxylic acids is 1. The Hall–Kier alpha value is -2.61. The molecule has 120 valence electrons. The van der Waals surface area contributed by atoms with E-state index >= 15 is 0 Å². The van der Waals surface area contributed by atoms with Crippen molar-refractivity contribution in [1.82, 2.24) is 5.32 Å². The molecule has 0 saturated carbocycles. The van der Waals surface area contributed by atoms with Crippen LogP contribution in [0.25, 0.3) is 32.3 Å². The lowest BCUT2D eigenvalue weighted by Crippen LogP contribution is -2.22. The van der Waals surface area contributed by atoms with Gasteiger partial charge in [-0.05, 0) is 57.6 Å². The molecule has 0 aliphatic carbocycles. The topological polar surface area (TPSA) is 29.1 Å². The Morgan fingerprint density at radius 1 is 0.875 bits per heavy atom. The molecule has 0 heterocycles. The Balaban J connectivity index is 1.75. The zero-order valence-corrected chi connectivity index (χ0v) is 13.9. The van der Waals surface area contributed by atoms with Gasteiger partial charge in [-0.25, -0.2) is 0 Å². The summed E-state index contributed by atoms with van der Waals surface area (Å²) in [5.74, 6) is 0.148. The molecule has 2 heteroatoms. The normalized spacial score (nSPS) is 11.5. The van der Waals surface area contributed by atoms with E-state index in [4.69, 9.17) is 0 Å². The molecule has 4 rings (SSSR count). The number of nitrogens with one attached hydrogen (secondary N) is 1. The molecule has 0 aromatic heterocycles. The second-order valence-electron chi connectivity index (χ2n) is 6.39. The number of carbonyl (C=O) groups is 1. The fourth-order valence-electron chi connectivity index (χ4n) is 3.74. The zero-order valence-electron chi connectivity index (χ0n) is 13.9. The van der Waals surface area contributed by atoms with Gasteiger partial charge in [0.25, 0.3) is 0 Å². The van der Waals surface area contributed by atoms with Crippen molar-refractivity contribution in [2.75, 3.05) is 6.54 Å². The lowest BCUT2D eigenvalue weighted by atomic mass is 9.90. The minimum absolute atomic E-state index is 0.148. The highest BCUT2D eigenvalue weighted by atomic mass is 16.1. The van der Waals surface area contributed by atoms with E-state index in [1.807, 2.05) is 6.92 Å². The van der Waals surface area contributed by atoms with E-state index in [1.165, 1.54) is 37.9 Å². The summed E-state index contributed by atoms with van der Waals surface area (Å²) in [6.45, 7) is 2.66. The molecule has 0 bridgehead atoms. The predicted molar refractivity (Wildman–Crippen MR) is 102 cm³/mol. The first-order valence-corrected chi connectivity index (χ1v) is 8.70. The van der Waals surface area contributed by atoms with Crippen molar-refractivity contribution in [3.05, 3.63) is 60.2 Å². The number of amides is 1. The van der Waals surface area contributed by atoms with E-state index in [2.05, 4.69) is 59.9 Å². The quantitative estimate of drug-likeness (QED) is 0.513. The van der Waals surface area contributed by atoms with Crippen LogP contribution < -0.4 is 5.32 Å². The van der Waals surface area contributed by atoms with E-state index in [9.17, 15) is 4.79 Å². The van der Waals surface area contributed by atoms with E-state index in [-0.39, 0.29) is 5.91 Å². The van der Waals surface area contributed by atoms with Gasteiger partial charge in [0, 0.05) is 13.0 Å². The largest absolute Gasteiger partial charge is 0.356 e. The molecule has 0 atom stereocenters. The average molecular weight is 315 g/mol. The van der Waals surface area contributed by atoms with Crippen molar-refractivity contribution in [2.45, 2.75) is 26.2 Å². The third-order valence-electron chi connectivity index (χ3n) is 4.84. The summed E-state index contributed by atoms with van der Waals surface area (Å²) < 4.78 is 0. The Morgan fingerprint density at radius 2 is 1.54 bits per heavy atom. The van der Waals surface area contributed by atoms with Crippen LogP contribution in [0.3, 0.4) is 0 Å². The summed E-state index contributed by atoms with van der Waals surface area (Å²) in [5.41, 5.74) is 1.34. The van der Waals surface area contributed by atoms with Gasteiger partial charge in [0.2, 0.25) is 5.91 Å². The van der Waals surface area contributed by atoms with Crippen molar-refractivity contribution < 1.29 is 4.79 Å². The minimum atomic E-state index is 0.148. The first-order chi connectivity index (χ1) is 11.8. The molecular weight excluding hydrogens is 294 g/mol. The summed E-state index contributed by atoms with van der Waals surface area (Å²) in [5, 5.41) is 10.8. The number of hydrogen-bond donors (Lipinski definition) is 1. The molecule has 1 N–H and O–H groups in total. The molecule has 0 aliphatic heterocycles. The average Bonchev–Trinajstić information content (AvgIpc) is 2.61. The van der Waals surface area contributed by atoms with Gasteiger partial charge in [-0.15, -0.1) is 0 Å². The Bertz CT molecular complexity index is 1000. The van der Waals surface area contributed by atoms with Gasteiger partial charge in [0.05, 0.1) is 0 Å². The molecule has 4 aromatic rings. The van der Waals surface area contributed by atoms with Crippen molar-refractivity contribution in [1.29, 1.82) is 0 Å². The number of hydrogen-bond acceptors (Lipinski definition) is 1. The lowest BCUT2D eigenvalue weighted by molar-refractivity contribution is -0.121. The second-order valence-corrected chi connectivity index (χ2v) is 6.39. The van der Waals surface area contributed by atoms with E-state index < -0.39 is 0 Å². The van der Waals surface area contributed by atoms with E-state index in [0.717, 1.165) is 12.8 Å². The second kappa shape index (κ2) is 6.12. The van der Waals surface area contributed by atoms with Gasteiger partial charge in [-0.1, -0.05) is 54.6 Å². The van der Waals surface area contributed by atoms with Crippen molar-refractivity contribution in [2.24, 2.45) is 0 Å². The highest BCUT2D eigenvalue weighted by Crippen LogP contribution is 2.36. The summed E-state index contributed by atoms with van der Waals surface area (Å²) in [6, 6.07) is 19.8. The van der Waals surface area contributed by atoms with Crippen LogP contribution in [0, 0.1) is 0 Å². The highest BCUT2D eigenvalue weighted by Gasteiger charge is 2.10. The van der Waals surface area contributed by atoms with E-state index in [1.54, 1.807) is 0 Å². The van der Waals surface area contributed by atoms with Crippen molar-refractivity contribution >= 4 is 38.2 Å². The predicted octanol–water partition coefficient (Wildman–Crippen LogP) is 5.04. The number of benzene rings is 4. The fraction of sp³-hybridized carbons (Fsp3) is 0.227. The minimum Gasteiger partial charge on any atom is -0.356 e. The van der Waals surface area contributed by atoms with Gasteiger partial charge in [0.15, 0.2) is 0 Å². The monoisotopic (exact) mass is 315 g/mol. The summed E-state index contributed by atoms with van der Waals surface area (Å²) in [4.78, 5) is 11.7. The maximum atomic E-state index is 11.7. The molecule has 4 aromatic carbocycles. The molecule has 1 amide bonds. The molecule has 0 aliphatic rings. The lowest BCUT2D eigenvalue weighted by Gasteiger charge is -2.13. The third kappa shape index (κ3) is 2.48. The van der Waals surface area contributed by atoms with E-state index in [0.29, 0.717) is 13.0 Å². The molecule has 0 saturated heterocycles. The molecule has 0 fully saturated rings. The SMILES string of the molecule is CCNC(=O)CCCc1ccc2ccc3cccc4ccc1c2c34. The summed E-state index contributed by atoms with van der Waals surface area (Å²) >= 11 is 0. The van der Waals surface area contributed by atoms with Crippen LogP contribution in [-0.2, 0) is 11.2 Å². The van der Waals surface area contributed by atoms with Crippen LogP contribution in [0.15, 0.2) is 54.6 Å². The third-order valence-corrected chi connectivity index (χ3v) is 4.84. The molecule has 0 radical (unpaired) electrons. The van der Waals surface area contributed by atoms with Crippen LogP contribution in [0.2, 0.25) is 0 Å². The smallest absolute Gasteiger partial charge is 0.219 e. The summed E-state index contributed by atoms with van der Waals surface area (Å²) in [6.07, 6.45) is 2.41. The van der Waals surface area contributed by atoms with Gasteiger partial charge in [-0.2, -0.15) is 0 Å². The van der Waals surface area contributed by atoms with Crippen LogP contribution in [0.4, 0.5) is 0 Å². The fourth-order valence-corrected chi connectivity index (χ4v) is 3.74. The summed E-state index contributed by atoms with van der Waals surface area (Å²) in [7, 11) is 0. The first kappa shape index (κ1) is 14.9. The maximum absolute atomic E-state index is 11.7. The van der Waals surface area contributed by atoms with Crippen LogP contribution in [0.5, 0.6) is 0 Å². The number of rotatable bonds is 5. The zero-order chi connectivity index (χ0) is 16.5. The molecule has 2 nitrogen and oxygen atoms in total. The Kier molecular flexibility index (Phi) is 3.81. The maximum Gasteiger partial charge on any atom is 0.219 e. The van der Waals surface area contributed by atoms with Crippen LogP contribution in [0.1, 0.15) is 25.3 Å². The van der Waals surface area contributed by atoms with Crippen molar-refractivity contribution in [3.8, 4) is 0 Å². The molecule has 24 heavy (non-hydrogen) atoms. The van der Waals surface area contributed by atoms with Gasteiger partial charge < -0.3 is 5.32 Å². The van der Waals surface area contributed by atoms with Gasteiger partial charge >= 0.3 is 0 Å². The molecular formula is C22H21NO. The van der Waals surface area contributed by atoms with Crippen molar-refractivity contribution in [3.63, 3.8) is 0 Å². The van der Waals surface area contributed by atoms with Gasteiger partial charge in [-0.3, -0.25) is 4.79 Å². The first-order valence-electron chi connectivity index (χ1n) is 8.70. The standard InChI is InChI=1S/C22H21NO/c1-2-23-20(24)8-4-5-15-9-10-18-12-11-16-6-3-7-17-13-14-19(15)22(18)21(16)17/h3,6-7,9-14H,2,4-5,8H2,1H3,(H,23,24). The van der Waals surface area contributed by atoms with Gasteiger partial charge in [0.1, 0.15) is 0 Å². The van der Waals surface area contributed by atoms with Crippen LogP contribution in [-0.4, -0.2) is 12.5 Å².